The van der Waals surface area contributed by atoms with Crippen molar-refractivity contribution in [2.75, 3.05) is 13.7 Å². The topological polar surface area (TPSA) is 29.5 Å². The highest BCUT2D eigenvalue weighted by Crippen LogP contribution is 2.65. The fourth-order valence-corrected chi connectivity index (χ4v) is 3.86. The molecule has 1 saturated heterocycles. The number of carbonyl (C=O) groups excluding carboxylic acids is 1. The molecule has 1 aromatic carbocycles. The summed E-state index contributed by atoms with van der Waals surface area (Å²) in [5.74, 6) is 1.02. The number of benzene rings is 1. The quantitative estimate of drug-likeness (QED) is 0.793. The minimum Gasteiger partial charge on any atom is -0.468 e. The highest BCUT2D eigenvalue weighted by molar-refractivity contribution is 5.77. The van der Waals surface area contributed by atoms with E-state index in [-0.39, 0.29) is 12.0 Å². The molecule has 0 bridgehead atoms. The summed E-state index contributed by atoms with van der Waals surface area (Å²) in [6.45, 7) is 8.46. The molecule has 0 amide bonds. The van der Waals surface area contributed by atoms with Gasteiger partial charge in [0.1, 0.15) is 6.04 Å². The van der Waals surface area contributed by atoms with Crippen molar-refractivity contribution in [2.45, 2.75) is 33.4 Å². The molecule has 3 nitrogen and oxygen atoms in total. The highest BCUT2D eigenvalue weighted by atomic mass is 16.5. The standard InChI is InChI=1S/C17H23NO2/c1-11-5-7-12(8-6-11)9-18-10-13-14(17(13,2)3)15(18)16(19)20-4/h5-8,13-15H,9-10H2,1-4H3. The van der Waals surface area contributed by atoms with Crippen LogP contribution in [-0.4, -0.2) is 30.6 Å². The summed E-state index contributed by atoms with van der Waals surface area (Å²) in [4.78, 5) is 14.4. The van der Waals surface area contributed by atoms with E-state index < -0.39 is 0 Å². The molecular formula is C17H23NO2. The van der Waals surface area contributed by atoms with E-state index in [1.165, 1.54) is 18.2 Å². The third-order valence-electron chi connectivity index (χ3n) is 5.25. The normalized spacial score (nSPS) is 30.9. The maximum absolute atomic E-state index is 12.1. The first-order valence-electron chi connectivity index (χ1n) is 7.32. The van der Waals surface area contributed by atoms with Gasteiger partial charge in [-0.05, 0) is 29.7 Å². The van der Waals surface area contributed by atoms with Crippen molar-refractivity contribution in [1.29, 1.82) is 0 Å². The Hall–Kier alpha value is -1.35. The summed E-state index contributed by atoms with van der Waals surface area (Å²) in [7, 11) is 1.50. The predicted molar refractivity (Wildman–Crippen MR) is 78.2 cm³/mol. The minimum atomic E-state index is -0.0739. The molecule has 0 spiro atoms. The van der Waals surface area contributed by atoms with Crippen LogP contribution in [-0.2, 0) is 16.1 Å². The molecular weight excluding hydrogens is 250 g/mol. The van der Waals surface area contributed by atoms with Crippen LogP contribution in [0.4, 0.5) is 0 Å². The van der Waals surface area contributed by atoms with E-state index in [9.17, 15) is 4.79 Å². The molecule has 1 heterocycles. The van der Waals surface area contributed by atoms with Crippen molar-refractivity contribution >= 4 is 5.97 Å². The zero-order valence-corrected chi connectivity index (χ0v) is 12.7. The molecule has 3 heteroatoms. The molecule has 3 rings (SSSR count). The zero-order valence-electron chi connectivity index (χ0n) is 12.7. The molecule has 2 fully saturated rings. The van der Waals surface area contributed by atoms with Gasteiger partial charge in [-0.1, -0.05) is 43.7 Å². The Morgan fingerprint density at radius 1 is 1.35 bits per heavy atom. The van der Waals surface area contributed by atoms with Gasteiger partial charge in [0.05, 0.1) is 7.11 Å². The summed E-state index contributed by atoms with van der Waals surface area (Å²) in [6, 6.07) is 8.49. The zero-order chi connectivity index (χ0) is 14.5. The van der Waals surface area contributed by atoms with Crippen LogP contribution in [0, 0.1) is 24.2 Å². The van der Waals surface area contributed by atoms with Crippen molar-refractivity contribution in [3.8, 4) is 0 Å². The lowest BCUT2D eigenvalue weighted by Gasteiger charge is -2.28. The number of methoxy groups -OCH3 is 1. The van der Waals surface area contributed by atoms with E-state index in [1.807, 2.05) is 0 Å². The largest absolute Gasteiger partial charge is 0.468 e. The number of esters is 1. The minimum absolute atomic E-state index is 0.0682. The Labute approximate surface area is 120 Å². The van der Waals surface area contributed by atoms with E-state index in [4.69, 9.17) is 4.74 Å². The highest BCUT2D eigenvalue weighted by Gasteiger charge is 2.68. The molecule has 1 saturated carbocycles. The van der Waals surface area contributed by atoms with Gasteiger partial charge in [0, 0.05) is 13.1 Å². The molecule has 0 aromatic heterocycles. The van der Waals surface area contributed by atoms with Gasteiger partial charge >= 0.3 is 5.97 Å². The lowest BCUT2D eigenvalue weighted by atomic mass is 10.0. The molecule has 3 atom stereocenters. The maximum atomic E-state index is 12.1. The van der Waals surface area contributed by atoms with E-state index in [0.717, 1.165) is 13.1 Å². The third kappa shape index (κ3) is 2.05. The number of rotatable bonds is 3. The molecule has 108 valence electrons. The van der Waals surface area contributed by atoms with E-state index >= 15 is 0 Å². The Balaban J connectivity index is 1.76. The van der Waals surface area contributed by atoms with E-state index in [0.29, 0.717) is 17.3 Å². The van der Waals surface area contributed by atoms with Crippen molar-refractivity contribution < 1.29 is 9.53 Å². The lowest BCUT2D eigenvalue weighted by Crippen LogP contribution is -2.42. The second-order valence-electron chi connectivity index (χ2n) is 6.84. The summed E-state index contributed by atoms with van der Waals surface area (Å²) in [6.07, 6.45) is 0. The average molecular weight is 273 g/mol. The molecule has 0 radical (unpaired) electrons. The van der Waals surface area contributed by atoms with Gasteiger partial charge in [0.2, 0.25) is 0 Å². The Morgan fingerprint density at radius 3 is 2.60 bits per heavy atom. The predicted octanol–water partition coefficient (Wildman–Crippen LogP) is 2.62. The summed E-state index contributed by atoms with van der Waals surface area (Å²) < 4.78 is 5.03. The van der Waals surface area contributed by atoms with Gasteiger partial charge in [0.15, 0.2) is 0 Å². The molecule has 0 N–H and O–H groups in total. The van der Waals surface area contributed by atoms with Crippen LogP contribution in [0.3, 0.4) is 0 Å². The number of hydrogen-bond donors (Lipinski definition) is 0. The fraction of sp³-hybridized carbons (Fsp3) is 0.588. The third-order valence-corrected chi connectivity index (χ3v) is 5.25. The number of fused-ring (bicyclic) bond motifs is 1. The molecule has 1 aliphatic heterocycles. The Bertz CT molecular complexity index is 520. The number of likely N-dealkylation sites (tertiary alicyclic amines) is 1. The average Bonchev–Trinajstić information content (AvgIpc) is 2.78. The summed E-state index contributed by atoms with van der Waals surface area (Å²) in [5.41, 5.74) is 2.83. The molecule has 3 unspecified atom stereocenters. The van der Waals surface area contributed by atoms with Crippen LogP contribution in [0.2, 0.25) is 0 Å². The summed E-state index contributed by atoms with van der Waals surface area (Å²) in [5, 5.41) is 0. The van der Waals surface area contributed by atoms with Gasteiger partial charge in [-0.2, -0.15) is 0 Å². The number of piperidine rings is 1. The van der Waals surface area contributed by atoms with Crippen molar-refractivity contribution in [2.24, 2.45) is 17.3 Å². The van der Waals surface area contributed by atoms with Gasteiger partial charge in [-0.25, -0.2) is 0 Å². The Morgan fingerprint density at radius 2 is 2.00 bits per heavy atom. The van der Waals surface area contributed by atoms with E-state index in [1.54, 1.807) is 0 Å². The molecule has 2 aliphatic rings. The van der Waals surface area contributed by atoms with E-state index in [2.05, 4.69) is 49.9 Å². The van der Waals surface area contributed by atoms with Crippen molar-refractivity contribution in [3.05, 3.63) is 35.4 Å². The smallest absolute Gasteiger partial charge is 0.323 e. The number of ether oxygens (including phenoxy) is 1. The fourth-order valence-electron chi connectivity index (χ4n) is 3.86. The number of carbonyl (C=O) groups is 1. The molecule has 1 aromatic rings. The summed E-state index contributed by atoms with van der Waals surface area (Å²) >= 11 is 0. The van der Waals surface area contributed by atoms with Crippen molar-refractivity contribution in [1.82, 2.24) is 4.90 Å². The van der Waals surface area contributed by atoms with Crippen LogP contribution in [0.15, 0.2) is 24.3 Å². The van der Waals surface area contributed by atoms with Crippen LogP contribution in [0.1, 0.15) is 25.0 Å². The van der Waals surface area contributed by atoms with Crippen LogP contribution in [0.25, 0.3) is 0 Å². The SMILES string of the molecule is COC(=O)C1C2C(CN1Cc1ccc(C)cc1)C2(C)C. The van der Waals surface area contributed by atoms with Crippen LogP contribution in [0.5, 0.6) is 0 Å². The van der Waals surface area contributed by atoms with Gasteiger partial charge in [0.25, 0.3) is 0 Å². The first kappa shape index (κ1) is 13.6. The molecule has 20 heavy (non-hydrogen) atoms. The molecule has 1 aliphatic carbocycles. The van der Waals surface area contributed by atoms with Gasteiger partial charge < -0.3 is 4.74 Å². The van der Waals surface area contributed by atoms with Crippen molar-refractivity contribution in [3.63, 3.8) is 0 Å². The maximum Gasteiger partial charge on any atom is 0.323 e. The number of nitrogens with zero attached hydrogens (tertiary/aromatic N) is 1. The first-order chi connectivity index (χ1) is 9.45. The number of hydrogen-bond acceptors (Lipinski definition) is 3. The van der Waals surface area contributed by atoms with Gasteiger partial charge in [-0.3, -0.25) is 9.69 Å². The second kappa shape index (κ2) is 4.59. The van der Waals surface area contributed by atoms with Gasteiger partial charge in [-0.15, -0.1) is 0 Å². The second-order valence-corrected chi connectivity index (χ2v) is 6.84. The number of aryl methyl sites for hydroxylation is 1. The lowest BCUT2D eigenvalue weighted by molar-refractivity contribution is -0.147. The Kier molecular flexibility index (Phi) is 3.13. The van der Waals surface area contributed by atoms with Crippen LogP contribution >= 0.6 is 0 Å². The first-order valence-corrected chi connectivity index (χ1v) is 7.32. The monoisotopic (exact) mass is 273 g/mol. The van der Waals surface area contributed by atoms with Crippen LogP contribution < -0.4 is 0 Å².